The van der Waals surface area contributed by atoms with Gasteiger partial charge in [-0.15, -0.1) is 0 Å². The maximum Gasteiger partial charge on any atom is 0.274 e. The lowest BCUT2D eigenvalue weighted by Crippen LogP contribution is -2.13. The van der Waals surface area contributed by atoms with Crippen LogP contribution in [0.3, 0.4) is 0 Å². The van der Waals surface area contributed by atoms with Crippen molar-refractivity contribution in [1.29, 1.82) is 5.26 Å². The summed E-state index contributed by atoms with van der Waals surface area (Å²) in [5, 5.41) is 32.8. The van der Waals surface area contributed by atoms with E-state index in [2.05, 4.69) is 5.32 Å². The Morgan fingerprint density at radius 2 is 2.04 bits per heavy atom. The van der Waals surface area contributed by atoms with E-state index in [1.165, 1.54) is 7.11 Å². The third kappa shape index (κ3) is 4.11. The summed E-state index contributed by atoms with van der Waals surface area (Å²) in [7, 11) is 1.24. The maximum atomic E-state index is 12.2. The van der Waals surface area contributed by atoms with Gasteiger partial charge in [0.25, 0.3) is 11.6 Å². The van der Waals surface area contributed by atoms with Gasteiger partial charge in [0, 0.05) is 17.3 Å². The zero-order chi connectivity index (χ0) is 18.4. The molecule has 0 bridgehead atoms. The molecule has 0 aliphatic rings. The molecule has 0 atom stereocenters. The number of phenolic OH excluding ortho intramolecular Hbond substituents is 1. The molecule has 126 valence electrons. The number of carbonyl (C=O) groups excluding carboxylic acids is 1. The molecule has 0 spiro atoms. The van der Waals surface area contributed by atoms with Gasteiger partial charge in [0.05, 0.1) is 18.1 Å². The molecule has 0 aliphatic carbocycles. The Hall–Kier alpha value is -3.86. The first-order chi connectivity index (χ1) is 12.0. The molecule has 0 fully saturated rings. The molecule has 0 aliphatic heterocycles. The molecule has 2 aromatic rings. The van der Waals surface area contributed by atoms with Crippen molar-refractivity contribution in [1.82, 2.24) is 0 Å². The summed E-state index contributed by atoms with van der Waals surface area (Å²) in [6, 6.07) is 12.3. The first-order valence-electron chi connectivity index (χ1n) is 7.00. The van der Waals surface area contributed by atoms with Gasteiger partial charge in [0.15, 0.2) is 11.5 Å². The molecule has 8 nitrogen and oxygen atoms in total. The van der Waals surface area contributed by atoms with Crippen LogP contribution in [0, 0.1) is 21.4 Å². The predicted molar refractivity (Wildman–Crippen MR) is 90.0 cm³/mol. The number of benzene rings is 2. The number of nitro benzene ring substituents is 1. The van der Waals surface area contributed by atoms with Gasteiger partial charge < -0.3 is 15.2 Å². The van der Waals surface area contributed by atoms with Crippen molar-refractivity contribution in [2.75, 3.05) is 12.4 Å². The molecule has 2 N–H and O–H groups in total. The largest absolute Gasteiger partial charge is 0.504 e. The average molecular weight is 339 g/mol. The molecule has 1 amide bonds. The monoisotopic (exact) mass is 339 g/mol. The lowest BCUT2D eigenvalue weighted by molar-refractivity contribution is -0.385. The summed E-state index contributed by atoms with van der Waals surface area (Å²) < 4.78 is 4.88. The summed E-state index contributed by atoms with van der Waals surface area (Å²) in [6.45, 7) is 0. The van der Waals surface area contributed by atoms with Crippen molar-refractivity contribution in [2.24, 2.45) is 0 Å². The second-order valence-corrected chi connectivity index (χ2v) is 4.83. The van der Waals surface area contributed by atoms with E-state index in [0.717, 1.165) is 18.2 Å². The fourth-order valence-electron chi connectivity index (χ4n) is 2.01. The summed E-state index contributed by atoms with van der Waals surface area (Å²) in [5.41, 5.74) is -0.274. The summed E-state index contributed by atoms with van der Waals surface area (Å²) >= 11 is 0. The van der Waals surface area contributed by atoms with E-state index < -0.39 is 16.6 Å². The third-order valence-corrected chi connectivity index (χ3v) is 3.22. The van der Waals surface area contributed by atoms with E-state index in [9.17, 15) is 25.3 Å². The number of amides is 1. The third-order valence-electron chi connectivity index (χ3n) is 3.22. The topological polar surface area (TPSA) is 125 Å². The van der Waals surface area contributed by atoms with Crippen LogP contribution in [0.25, 0.3) is 6.08 Å². The number of anilines is 1. The lowest BCUT2D eigenvalue weighted by Gasteiger charge is -2.07. The van der Waals surface area contributed by atoms with Gasteiger partial charge in [-0.2, -0.15) is 5.26 Å². The summed E-state index contributed by atoms with van der Waals surface area (Å²) in [4.78, 5) is 22.5. The van der Waals surface area contributed by atoms with Gasteiger partial charge in [0.2, 0.25) is 0 Å². The van der Waals surface area contributed by atoms with Crippen molar-refractivity contribution >= 4 is 23.4 Å². The highest BCUT2D eigenvalue weighted by atomic mass is 16.6. The number of methoxy groups -OCH3 is 1. The van der Waals surface area contributed by atoms with Crippen LogP contribution in [0.2, 0.25) is 0 Å². The highest BCUT2D eigenvalue weighted by Gasteiger charge is 2.18. The molecular formula is C17H13N3O5. The highest BCUT2D eigenvalue weighted by molar-refractivity contribution is 6.09. The molecule has 2 aromatic carbocycles. The van der Waals surface area contributed by atoms with Crippen LogP contribution in [0.5, 0.6) is 11.5 Å². The molecule has 25 heavy (non-hydrogen) atoms. The minimum Gasteiger partial charge on any atom is -0.504 e. The second kappa shape index (κ2) is 7.61. The molecular weight excluding hydrogens is 326 g/mol. The number of nitriles is 1. The number of non-ortho nitro benzene ring substituents is 1. The Bertz CT molecular complexity index is 885. The molecule has 0 saturated heterocycles. The van der Waals surface area contributed by atoms with E-state index in [4.69, 9.17) is 4.74 Å². The van der Waals surface area contributed by atoms with Crippen molar-refractivity contribution in [3.63, 3.8) is 0 Å². The zero-order valence-corrected chi connectivity index (χ0v) is 13.1. The number of phenols is 1. The van der Waals surface area contributed by atoms with Crippen LogP contribution < -0.4 is 10.1 Å². The number of aromatic hydroxyl groups is 1. The number of nitro groups is 1. The Labute approximate surface area is 142 Å². The smallest absolute Gasteiger partial charge is 0.274 e. The van der Waals surface area contributed by atoms with Crippen molar-refractivity contribution in [2.45, 2.75) is 0 Å². The predicted octanol–water partition coefficient (Wildman–Crippen LogP) is 2.85. The fraction of sp³-hybridized carbons (Fsp3) is 0.0588. The Kier molecular flexibility index (Phi) is 5.32. The van der Waals surface area contributed by atoms with Crippen LogP contribution in [0.1, 0.15) is 5.56 Å². The second-order valence-electron chi connectivity index (χ2n) is 4.83. The van der Waals surface area contributed by atoms with Crippen LogP contribution in [-0.2, 0) is 4.79 Å². The molecule has 0 unspecified atom stereocenters. The number of hydrogen-bond acceptors (Lipinski definition) is 6. The molecule has 0 radical (unpaired) electrons. The van der Waals surface area contributed by atoms with Crippen molar-refractivity contribution < 1.29 is 19.6 Å². The Morgan fingerprint density at radius 3 is 2.60 bits per heavy atom. The van der Waals surface area contributed by atoms with Crippen LogP contribution in [0.15, 0.2) is 48.0 Å². The summed E-state index contributed by atoms with van der Waals surface area (Å²) in [6.07, 6.45) is 1.06. The van der Waals surface area contributed by atoms with Crippen LogP contribution in [0.4, 0.5) is 11.4 Å². The SMILES string of the molecule is COc1cc([N+](=O)[O-])cc(/C=C(/C#N)C(=O)Nc2ccccc2)c1O. The quantitative estimate of drug-likeness (QED) is 0.373. The van der Waals surface area contributed by atoms with Crippen molar-refractivity contribution in [3.8, 4) is 17.6 Å². The fourth-order valence-corrected chi connectivity index (χ4v) is 2.01. The van der Waals surface area contributed by atoms with Gasteiger partial charge in [-0.1, -0.05) is 18.2 Å². The number of ether oxygens (including phenoxy) is 1. The first kappa shape index (κ1) is 17.5. The van der Waals surface area contributed by atoms with Gasteiger partial charge in [-0.3, -0.25) is 14.9 Å². The maximum absolute atomic E-state index is 12.2. The van der Waals surface area contributed by atoms with E-state index in [-0.39, 0.29) is 22.6 Å². The summed E-state index contributed by atoms with van der Waals surface area (Å²) in [5.74, 6) is -1.26. The minimum atomic E-state index is -0.710. The van der Waals surface area contributed by atoms with E-state index in [1.54, 1.807) is 36.4 Å². The number of hydrogen-bond donors (Lipinski definition) is 2. The minimum absolute atomic E-state index is 0.0780. The lowest BCUT2D eigenvalue weighted by atomic mass is 10.1. The number of rotatable bonds is 5. The zero-order valence-electron chi connectivity index (χ0n) is 13.1. The van der Waals surface area contributed by atoms with Gasteiger partial charge in [-0.25, -0.2) is 0 Å². The Morgan fingerprint density at radius 1 is 1.36 bits per heavy atom. The average Bonchev–Trinajstić information content (AvgIpc) is 2.61. The van der Waals surface area contributed by atoms with E-state index >= 15 is 0 Å². The van der Waals surface area contributed by atoms with Crippen LogP contribution in [-0.4, -0.2) is 23.0 Å². The number of nitrogens with one attached hydrogen (secondary N) is 1. The van der Waals surface area contributed by atoms with Gasteiger partial charge in [-0.05, 0) is 18.2 Å². The van der Waals surface area contributed by atoms with E-state index in [1.807, 2.05) is 0 Å². The highest BCUT2D eigenvalue weighted by Crippen LogP contribution is 2.35. The van der Waals surface area contributed by atoms with Crippen molar-refractivity contribution in [3.05, 3.63) is 63.7 Å². The normalized spacial score (nSPS) is 10.6. The molecule has 8 heteroatoms. The Balaban J connectivity index is 2.42. The van der Waals surface area contributed by atoms with Crippen LogP contribution >= 0.6 is 0 Å². The van der Waals surface area contributed by atoms with E-state index in [0.29, 0.717) is 5.69 Å². The molecule has 0 heterocycles. The molecule has 0 aromatic heterocycles. The first-order valence-corrected chi connectivity index (χ1v) is 7.00. The number of nitrogens with zero attached hydrogens (tertiary/aromatic N) is 2. The van der Waals surface area contributed by atoms with Gasteiger partial charge in [0.1, 0.15) is 11.6 Å². The molecule has 0 saturated carbocycles. The number of para-hydroxylation sites is 1. The van der Waals surface area contributed by atoms with Gasteiger partial charge >= 0.3 is 0 Å². The number of carbonyl (C=O) groups is 1. The molecule has 2 rings (SSSR count). The standard InChI is InChI=1S/C17H13N3O5/c1-25-15-9-14(20(23)24)8-11(16(15)21)7-12(10-18)17(22)19-13-5-3-2-4-6-13/h2-9,21H,1H3,(H,19,22)/b12-7-.